The van der Waals surface area contributed by atoms with Crippen LogP contribution in [0.2, 0.25) is 5.02 Å². The van der Waals surface area contributed by atoms with Gasteiger partial charge in [-0.2, -0.15) is 0 Å². The molecule has 1 aromatic carbocycles. The van der Waals surface area contributed by atoms with Crippen LogP contribution in [-0.2, 0) is 6.42 Å². The Balaban J connectivity index is 2.28. The number of rotatable bonds is 2. The Morgan fingerprint density at radius 3 is 2.93 bits per heavy atom. The summed E-state index contributed by atoms with van der Waals surface area (Å²) in [6, 6.07) is 4.91. The Morgan fingerprint density at radius 2 is 2.27 bits per heavy atom. The molecule has 0 amide bonds. The van der Waals surface area contributed by atoms with Gasteiger partial charge in [0, 0.05) is 13.3 Å². The summed E-state index contributed by atoms with van der Waals surface area (Å²) in [5.74, 6) is 0.814. The maximum Gasteiger partial charge on any atom is 0.191 e. The van der Waals surface area contributed by atoms with Crippen molar-refractivity contribution in [3.05, 3.63) is 52.5 Å². The van der Waals surface area contributed by atoms with Crippen LogP contribution < -0.4 is 0 Å². The van der Waals surface area contributed by atoms with Crippen molar-refractivity contribution in [1.82, 2.24) is 4.98 Å². The second-order valence-corrected chi connectivity index (χ2v) is 3.64. The van der Waals surface area contributed by atoms with Gasteiger partial charge in [0.25, 0.3) is 0 Å². The van der Waals surface area contributed by atoms with Gasteiger partial charge < -0.3 is 4.42 Å². The third-order valence-corrected chi connectivity index (χ3v) is 2.36. The standard InChI is InChI=1S/C11H9ClFNO/c1-7-14-6-9(15-7)5-8-3-2-4-10(12)11(8)13/h2-4,6H,5H2,1H3. The van der Waals surface area contributed by atoms with Crippen molar-refractivity contribution in [2.24, 2.45) is 0 Å². The first-order chi connectivity index (χ1) is 7.16. The van der Waals surface area contributed by atoms with E-state index in [4.69, 9.17) is 16.0 Å². The number of halogens is 2. The van der Waals surface area contributed by atoms with E-state index in [2.05, 4.69) is 4.98 Å². The van der Waals surface area contributed by atoms with E-state index >= 15 is 0 Å². The molecule has 0 aliphatic heterocycles. The maximum absolute atomic E-state index is 13.5. The van der Waals surface area contributed by atoms with Crippen LogP contribution in [0, 0.1) is 12.7 Å². The maximum atomic E-state index is 13.5. The number of aryl methyl sites for hydroxylation is 1. The monoisotopic (exact) mass is 225 g/mol. The molecular weight excluding hydrogens is 217 g/mol. The fourth-order valence-corrected chi connectivity index (χ4v) is 1.55. The smallest absolute Gasteiger partial charge is 0.191 e. The molecule has 4 heteroatoms. The number of hydrogen-bond acceptors (Lipinski definition) is 2. The molecule has 15 heavy (non-hydrogen) atoms. The molecule has 0 fully saturated rings. The van der Waals surface area contributed by atoms with E-state index in [0.29, 0.717) is 23.6 Å². The molecule has 0 saturated carbocycles. The van der Waals surface area contributed by atoms with Crippen LogP contribution in [0.3, 0.4) is 0 Å². The predicted molar refractivity (Wildman–Crippen MR) is 55.5 cm³/mol. The van der Waals surface area contributed by atoms with Crippen LogP contribution in [0.25, 0.3) is 0 Å². The Morgan fingerprint density at radius 1 is 1.47 bits per heavy atom. The molecule has 0 radical (unpaired) electrons. The molecule has 0 unspecified atom stereocenters. The fourth-order valence-electron chi connectivity index (χ4n) is 1.36. The molecule has 78 valence electrons. The van der Waals surface area contributed by atoms with E-state index in [9.17, 15) is 4.39 Å². The molecule has 1 aromatic heterocycles. The number of nitrogens with zero attached hydrogens (tertiary/aromatic N) is 1. The Labute approximate surface area is 91.7 Å². The van der Waals surface area contributed by atoms with Crippen LogP contribution in [-0.4, -0.2) is 4.98 Å². The van der Waals surface area contributed by atoms with Crippen molar-refractivity contribution < 1.29 is 8.81 Å². The second-order valence-electron chi connectivity index (χ2n) is 3.24. The lowest BCUT2D eigenvalue weighted by molar-refractivity contribution is 0.480. The van der Waals surface area contributed by atoms with Crippen molar-refractivity contribution in [2.45, 2.75) is 13.3 Å². The van der Waals surface area contributed by atoms with Crippen molar-refractivity contribution in [3.63, 3.8) is 0 Å². The van der Waals surface area contributed by atoms with Gasteiger partial charge in [-0.25, -0.2) is 9.37 Å². The van der Waals surface area contributed by atoms with Crippen LogP contribution in [0.15, 0.2) is 28.8 Å². The van der Waals surface area contributed by atoms with Gasteiger partial charge in [-0.15, -0.1) is 0 Å². The van der Waals surface area contributed by atoms with Crippen molar-refractivity contribution in [2.75, 3.05) is 0 Å². The van der Waals surface area contributed by atoms with Crippen LogP contribution in [0.4, 0.5) is 4.39 Å². The summed E-state index contributed by atoms with van der Waals surface area (Å²) >= 11 is 5.66. The lowest BCUT2D eigenvalue weighted by Crippen LogP contribution is -1.91. The zero-order valence-corrected chi connectivity index (χ0v) is 8.88. The minimum Gasteiger partial charge on any atom is -0.446 e. The van der Waals surface area contributed by atoms with Crippen molar-refractivity contribution in [1.29, 1.82) is 0 Å². The highest BCUT2D eigenvalue weighted by molar-refractivity contribution is 6.30. The van der Waals surface area contributed by atoms with Gasteiger partial charge in [0.05, 0.1) is 11.2 Å². The summed E-state index contributed by atoms with van der Waals surface area (Å²) in [5.41, 5.74) is 0.513. The highest BCUT2D eigenvalue weighted by Crippen LogP contribution is 2.20. The van der Waals surface area contributed by atoms with Gasteiger partial charge >= 0.3 is 0 Å². The summed E-state index contributed by atoms with van der Waals surface area (Å²) in [5, 5.41) is 0.128. The SMILES string of the molecule is Cc1ncc(Cc2cccc(Cl)c2F)o1. The van der Waals surface area contributed by atoms with E-state index in [1.54, 1.807) is 25.3 Å². The zero-order chi connectivity index (χ0) is 10.8. The van der Waals surface area contributed by atoms with Crippen LogP contribution >= 0.6 is 11.6 Å². The highest BCUT2D eigenvalue weighted by Gasteiger charge is 2.09. The molecule has 0 spiro atoms. The minimum absolute atomic E-state index is 0.128. The zero-order valence-electron chi connectivity index (χ0n) is 8.13. The molecule has 1 heterocycles. The molecule has 0 atom stereocenters. The summed E-state index contributed by atoms with van der Waals surface area (Å²) in [6.07, 6.45) is 1.96. The van der Waals surface area contributed by atoms with Gasteiger partial charge in [-0.1, -0.05) is 23.7 Å². The summed E-state index contributed by atoms with van der Waals surface area (Å²) in [6.45, 7) is 1.75. The Bertz CT molecular complexity index is 481. The molecule has 0 saturated heterocycles. The van der Waals surface area contributed by atoms with Crippen LogP contribution in [0.1, 0.15) is 17.2 Å². The Hall–Kier alpha value is -1.35. The average molecular weight is 226 g/mol. The first-order valence-corrected chi connectivity index (χ1v) is 4.89. The lowest BCUT2D eigenvalue weighted by atomic mass is 10.1. The predicted octanol–water partition coefficient (Wildman–Crippen LogP) is 3.37. The van der Waals surface area contributed by atoms with Gasteiger partial charge in [0.15, 0.2) is 5.89 Å². The molecule has 2 aromatic rings. The summed E-state index contributed by atoms with van der Waals surface area (Å²) in [7, 11) is 0. The number of oxazole rings is 1. The number of hydrogen-bond donors (Lipinski definition) is 0. The van der Waals surface area contributed by atoms with Gasteiger partial charge in [0.1, 0.15) is 11.6 Å². The quantitative estimate of drug-likeness (QED) is 0.783. The first kappa shape index (κ1) is 10.2. The van der Waals surface area contributed by atoms with Crippen molar-refractivity contribution >= 4 is 11.6 Å². The van der Waals surface area contributed by atoms with Gasteiger partial charge in [-0.3, -0.25) is 0 Å². The van der Waals surface area contributed by atoms with E-state index in [1.807, 2.05) is 0 Å². The highest BCUT2D eigenvalue weighted by atomic mass is 35.5. The molecular formula is C11H9ClFNO. The molecule has 0 N–H and O–H groups in total. The largest absolute Gasteiger partial charge is 0.446 e. The fraction of sp³-hybridized carbons (Fsp3) is 0.182. The second kappa shape index (κ2) is 4.03. The van der Waals surface area contributed by atoms with Gasteiger partial charge in [0.2, 0.25) is 0 Å². The molecule has 2 rings (SSSR count). The van der Waals surface area contributed by atoms with E-state index in [-0.39, 0.29) is 5.02 Å². The van der Waals surface area contributed by atoms with E-state index < -0.39 is 5.82 Å². The molecule has 2 nitrogen and oxygen atoms in total. The molecule has 0 bridgehead atoms. The normalized spacial score (nSPS) is 10.6. The average Bonchev–Trinajstić information content (AvgIpc) is 2.59. The number of aromatic nitrogens is 1. The Kier molecular flexibility index (Phi) is 2.73. The number of benzene rings is 1. The van der Waals surface area contributed by atoms with Crippen LogP contribution in [0.5, 0.6) is 0 Å². The van der Waals surface area contributed by atoms with Gasteiger partial charge in [-0.05, 0) is 11.6 Å². The third-order valence-electron chi connectivity index (χ3n) is 2.07. The van der Waals surface area contributed by atoms with E-state index in [1.165, 1.54) is 6.07 Å². The van der Waals surface area contributed by atoms with Crippen molar-refractivity contribution in [3.8, 4) is 0 Å². The first-order valence-electron chi connectivity index (χ1n) is 4.51. The summed E-state index contributed by atoms with van der Waals surface area (Å²) < 4.78 is 18.8. The topological polar surface area (TPSA) is 26.0 Å². The van der Waals surface area contributed by atoms with E-state index in [0.717, 1.165) is 0 Å². The lowest BCUT2D eigenvalue weighted by Gasteiger charge is -2.01. The summed E-state index contributed by atoms with van der Waals surface area (Å²) in [4.78, 5) is 3.94. The molecule has 0 aliphatic carbocycles. The molecule has 0 aliphatic rings. The minimum atomic E-state index is -0.395. The third kappa shape index (κ3) is 2.18.